The molecule has 3 rings (SSSR count). The van der Waals surface area contributed by atoms with Crippen molar-refractivity contribution in [1.82, 2.24) is 9.97 Å². The van der Waals surface area contributed by atoms with Crippen LogP contribution >= 0.6 is 0 Å². The van der Waals surface area contributed by atoms with Gasteiger partial charge in [-0.15, -0.1) is 0 Å². The summed E-state index contributed by atoms with van der Waals surface area (Å²) in [6, 6.07) is 2.22. The van der Waals surface area contributed by atoms with Crippen molar-refractivity contribution >= 4 is 28.6 Å². The van der Waals surface area contributed by atoms with Crippen LogP contribution in [0.3, 0.4) is 0 Å². The fraction of sp³-hybridized carbons (Fsp3) is 0.471. The average molecular weight is 350 g/mol. The molecule has 1 aliphatic carbocycles. The molecule has 0 saturated heterocycles. The summed E-state index contributed by atoms with van der Waals surface area (Å²) in [6.07, 6.45) is 2.60. The normalized spacial score (nSPS) is 20.5. The lowest BCUT2D eigenvalue weighted by Gasteiger charge is -2.27. The van der Waals surface area contributed by atoms with E-state index >= 15 is 0 Å². The van der Waals surface area contributed by atoms with Gasteiger partial charge in [-0.05, 0) is 31.7 Å². The molecule has 0 radical (unpaired) electrons. The molecule has 1 saturated carbocycles. The zero-order valence-corrected chi connectivity index (χ0v) is 14.1. The summed E-state index contributed by atoms with van der Waals surface area (Å²) in [5.41, 5.74) is 0.319. The van der Waals surface area contributed by atoms with Gasteiger partial charge in [0.1, 0.15) is 5.82 Å². The van der Waals surface area contributed by atoms with E-state index < -0.39 is 17.6 Å². The molecule has 2 aromatic rings. The number of hydrogen-bond acceptors (Lipinski definition) is 5. The highest BCUT2D eigenvalue weighted by atomic mass is 19.2. The zero-order chi connectivity index (χ0) is 18.1. The summed E-state index contributed by atoms with van der Waals surface area (Å²) >= 11 is 0. The van der Waals surface area contributed by atoms with Crippen molar-refractivity contribution < 1.29 is 18.7 Å². The van der Waals surface area contributed by atoms with Gasteiger partial charge in [0.15, 0.2) is 11.6 Å². The Kier molecular flexibility index (Phi) is 4.69. The third-order valence-corrected chi connectivity index (χ3v) is 4.55. The first kappa shape index (κ1) is 17.3. The number of halogens is 2. The molecule has 0 unspecified atom stereocenters. The van der Waals surface area contributed by atoms with Gasteiger partial charge >= 0.3 is 5.97 Å². The number of aromatic nitrogens is 2. The fourth-order valence-electron chi connectivity index (χ4n) is 3.18. The van der Waals surface area contributed by atoms with Gasteiger partial charge in [0, 0.05) is 31.6 Å². The van der Waals surface area contributed by atoms with Crippen LogP contribution in [-0.2, 0) is 4.79 Å². The maximum atomic E-state index is 13.6. The average Bonchev–Trinajstić information content (AvgIpc) is 2.56. The number of hydrogen-bond donors (Lipinski definition) is 2. The van der Waals surface area contributed by atoms with Crippen LogP contribution in [0.15, 0.2) is 12.1 Å². The number of fused-ring (bicyclic) bond motifs is 1. The molecule has 0 amide bonds. The summed E-state index contributed by atoms with van der Waals surface area (Å²) in [6.45, 7) is 0. The van der Waals surface area contributed by atoms with Crippen LogP contribution in [-0.4, -0.2) is 41.2 Å². The second kappa shape index (κ2) is 6.78. The molecule has 134 valence electrons. The number of carbonyl (C=O) groups is 1. The van der Waals surface area contributed by atoms with E-state index in [0.29, 0.717) is 48.4 Å². The van der Waals surface area contributed by atoms with Crippen LogP contribution in [0, 0.1) is 17.6 Å². The molecule has 1 aliphatic rings. The largest absolute Gasteiger partial charge is 0.481 e. The molecule has 0 bridgehead atoms. The van der Waals surface area contributed by atoms with Crippen molar-refractivity contribution in [1.29, 1.82) is 0 Å². The smallest absolute Gasteiger partial charge is 0.306 e. The second-order valence-corrected chi connectivity index (χ2v) is 6.58. The lowest BCUT2D eigenvalue weighted by atomic mass is 9.86. The molecule has 8 heteroatoms. The zero-order valence-electron chi connectivity index (χ0n) is 14.1. The van der Waals surface area contributed by atoms with Gasteiger partial charge in [-0.25, -0.2) is 13.8 Å². The highest BCUT2D eigenvalue weighted by Crippen LogP contribution is 2.29. The minimum Gasteiger partial charge on any atom is -0.481 e. The predicted molar refractivity (Wildman–Crippen MR) is 90.8 cm³/mol. The van der Waals surface area contributed by atoms with E-state index in [4.69, 9.17) is 5.11 Å². The molecule has 0 atom stereocenters. The molecule has 1 aromatic heterocycles. The van der Waals surface area contributed by atoms with Crippen molar-refractivity contribution in [2.45, 2.75) is 31.7 Å². The molecule has 1 fully saturated rings. The first-order valence-electron chi connectivity index (χ1n) is 8.18. The van der Waals surface area contributed by atoms with Crippen LogP contribution in [0.2, 0.25) is 0 Å². The molecule has 2 N–H and O–H groups in total. The molecule has 25 heavy (non-hydrogen) atoms. The number of carboxylic acid groups (broad SMARTS) is 1. The summed E-state index contributed by atoms with van der Waals surface area (Å²) < 4.78 is 27.1. The Hall–Kier alpha value is -2.51. The number of anilines is 2. The molecule has 0 spiro atoms. The first-order chi connectivity index (χ1) is 11.8. The van der Waals surface area contributed by atoms with Crippen LogP contribution < -0.4 is 10.2 Å². The topological polar surface area (TPSA) is 78.4 Å². The number of aliphatic carboxylic acids is 1. The van der Waals surface area contributed by atoms with Gasteiger partial charge in [0.25, 0.3) is 0 Å². The van der Waals surface area contributed by atoms with Gasteiger partial charge < -0.3 is 15.3 Å². The fourth-order valence-corrected chi connectivity index (χ4v) is 3.18. The van der Waals surface area contributed by atoms with E-state index in [9.17, 15) is 13.6 Å². The Morgan fingerprint density at radius 3 is 2.40 bits per heavy atom. The predicted octanol–water partition coefficient (Wildman–Crippen LogP) is 3.03. The number of nitrogens with one attached hydrogen (secondary N) is 1. The van der Waals surface area contributed by atoms with Crippen molar-refractivity contribution in [3.05, 3.63) is 23.8 Å². The monoisotopic (exact) mass is 350 g/mol. The number of nitrogens with zero attached hydrogens (tertiary/aromatic N) is 3. The maximum absolute atomic E-state index is 13.6. The number of rotatable bonds is 4. The highest BCUT2D eigenvalue weighted by Gasteiger charge is 2.26. The van der Waals surface area contributed by atoms with Crippen LogP contribution in [0.25, 0.3) is 10.9 Å². The van der Waals surface area contributed by atoms with E-state index in [1.54, 1.807) is 19.0 Å². The molecular weight excluding hydrogens is 330 g/mol. The van der Waals surface area contributed by atoms with E-state index in [1.807, 2.05) is 0 Å². The summed E-state index contributed by atoms with van der Waals surface area (Å²) in [4.78, 5) is 21.5. The summed E-state index contributed by atoms with van der Waals surface area (Å²) in [5.74, 6) is -2.12. The van der Waals surface area contributed by atoms with Crippen molar-refractivity contribution in [3.8, 4) is 0 Å². The number of carboxylic acids is 1. The molecular formula is C17H20F2N4O2. The minimum atomic E-state index is -0.955. The van der Waals surface area contributed by atoms with Crippen molar-refractivity contribution in [2.75, 3.05) is 24.3 Å². The Morgan fingerprint density at radius 1 is 1.16 bits per heavy atom. The van der Waals surface area contributed by atoms with Gasteiger partial charge in [-0.3, -0.25) is 4.79 Å². The van der Waals surface area contributed by atoms with Gasteiger partial charge in [-0.2, -0.15) is 4.98 Å². The van der Waals surface area contributed by atoms with E-state index in [-0.39, 0.29) is 12.0 Å². The van der Waals surface area contributed by atoms with E-state index in [2.05, 4.69) is 15.3 Å². The lowest BCUT2D eigenvalue weighted by Crippen LogP contribution is -2.30. The third-order valence-electron chi connectivity index (χ3n) is 4.55. The molecule has 0 aliphatic heterocycles. The van der Waals surface area contributed by atoms with Crippen molar-refractivity contribution in [3.63, 3.8) is 0 Å². The van der Waals surface area contributed by atoms with Crippen LogP contribution in [0.5, 0.6) is 0 Å². The van der Waals surface area contributed by atoms with E-state index in [1.165, 1.54) is 0 Å². The van der Waals surface area contributed by atoms with Crippen molar-refractivity contribution in [2.24, 2.45) is 5.92 Å². The Labute approximate surface area is 143 Å². The Bertz CT molecular complexity index is 805. The Balaban J connectivity index is 1.87. The second-order valence-electron chi connectivity index (χ2n) is 6.58. The standard InChI is InChI=1S/C17H20F2N4O2/c1-23(2)15-11-7-12(18)13(19)8-14(11)21-17(22-15)20-10-5-3-9(4-6-10)16(24)25/h7-10H,3-6H2,1-2H3,(H,24,25)(H,20,21,22). The quantitative estimate of drug-likeness (QED) is 0.882. The maximum Gasteiger partial charge on any atom is 0.306 e. The molecule has 1 aromatic carbocycles. The van der Waals surface area contributed by atoms with Crippen LogP contribution in [0.1, 0.15) is 25.7 Å². The van der Waals surface area contributed by atoms with Gasteiger partial charge in [0.05, 0.1) is 11.4 Å². The SMILES string of the molecule is CN(C)c1nc(NC2CCC(C(=O)O)CC2)nc2cc(F)c(F)cc12. The highest BCUT2D eigenvalue weighted by molar-refractivity contribution is 5.90. The molecule has 1 heterocycles. The Morgan fingerprint density at radius 2 is 1.80 bits per heavy atom. The molecule has 6 nitrogen and oxygen atoms in total. The van der Waals surface area contributed by atoms with Gasteiger partial charge in [0.2, 0.25) is 5.95 Å². The van der Waals surface area contributed by atoms with E-state index in [0.717, 1.165) is 12.1 Å². The third kappa shape index (κ3) is 3.62. The summed E-state index contributed by atoms with van der Waals surface area (Å²) in [5, 5.41) is 12.7. The lowest BCUT2D eigenvalue weighted by molar-refractivity contribution is -0.142. The van der Waals surface area contributed by atoms with Gasteiger partial charge in [-0.1, -0.05) is 0 Å². The number of benzene rings is 1. The first-order valence-corrected chi connectivity index (χ1v) is 8.18. The van der Waals surface area contributed by atoms with Crippen LogP contribution in [0.4, 0.5) is 20.5 Å². The minimum absolute atomic E-state index is 0.0633. The summed E-state index contributed by atoms with van der Waals surface area (Å²) in [7, 11) is 3.54.